The summed E-state index contributed by atoms with van der Waals surface area (Å²) in [6, 6.07) is 13.3. The van der Waals surface area contributed by atoms with Crippen LogP contribution in [-0.2, 0) is 19.1 Å². The summed E-state index contributed by atoms with van der Waals surface area (Å²) in [5.74, 6) is 0.788. The van der Waals surface area contributed by atoms with Crippen molar-refractivity contribution in [3.63, 3.8) is 0 Å². The zero-order valence-corrected chi connectivity index (χ0v) is 13.8. The average Bonchev–Trinajstić information content (AvgIpc) is 3.10. The molecule has 0 N–H and O–H groups in total. The Morgan fingerprint density at radius 1 is 1.04 bits per heavy atom. The summed E-state index contributed by atoms with van der Waals surface area (Å²) in [5.41, 5.74) is 1.67. The first-order valence-corrected chi connectivity index (χ1v) is 8.33. The van der Waals surface area contributed by atoms with Crippen molar-refractivity contribution in [3.8, 4) is 11.5 Å². The standard InChI is InChI=1S/C19H16F3N3O/c20-19(21,22)15-9-8-13-7-4-10-25(16(13)11-15)12-17-23-24-18(26-17)14-5-2-1-3-6-14/h1-3,5-6,8-9,11H,4,7,10,12H2. The highest BCUT2D eigenvalue weighted by atomic mass is 19.4. The molecule has 7 heteroatoms. The number of nitrogens with zero attached hydrogens (tertiary/aromatic N) is 3. The lowest BCUT2D eigenvalue weighted by atomic mass is 9.99. The van der Waals surface area contributed by atoms with Crippen LogP contribution in [0.5, 0.6) is 0 Å². The molecular formula is C19H16F3N3O. The highest BCUT2D eigenvalue weighted by Crippen LogP contribution is 2.36. The highest BCUT2D eigenvalue weighted by molar-refractivity contribution is 5.58. The Bertz CT molecular complexity index is 906. The number of anilines is 1. The van der Waals surface area contributed by atoms with Gasteiger partial charge in [0.2, 0.25) is 11.8 Å². The fourth-order valence-corrected chi connectivity index (χ4v) is 3.17. The molecule has 2 heterocycles. The lowest BCUT2D eigenvalue weighted by Gasteiger charge is -2.30. The summed E-state index contributed by atoms with van der Waals surface area (Å²) >= 11 is 0. The zero-order valence-electron chi connectivity index (χ0n) is 13.8. The molecule has 1 aliphatic heterocycles. The van der Waals surface area contributed by atoms with Gasteiger partial charge in [0, 0.05) is 17.8 Å². The second-order valence-corrected chi connectivity index (χ2v) is 6.23. The van der Waals surface area contributed by atoms with Crippen LogP contribution in [0.25, 0.3) is 11.5 Å². The molecule has 0 spiro atoms. The van der Waals surface area contributed by atoms with Crippen molar-refractivity contribution >= 4 is 5.69 Å². The molecule has 26 heavy (non-hydrogen) atoms. The minimum Gasteiger partial charge on any atom is -0.419 e. The molecule has 134 valence electrons. The van der Waals surface area contributed by atoms with E-state index >= 15 is 0 Å². The number of aromatic nitrogens is 2. The molecule has 0 amide bonds. The summed E-state index contributed by atoms with van der Waals surface area (Å²) < 4.78 is 44.8. The van der Waals surface area contributed by atoms with Crippen molar-refractivity contribution in [3.05, 3.63) is 65.5 Å². The van der Waals surface area contributed by atoms with Crippen LogP contribution in [0.1, 0.15) is 23.4 Å². The van der Waals surface area contributed by atoms with E-state index in [1.165, 1.54) is 6.07 Å². The van der Waals surface area contributed by atoms with Crippen LogP contribution in [0.2, 0.25) is 0 Å². The van der Waals surface area contributed by atoms with E-state index in [-0.39, 0.29) is 6.54 Å². The fourth-order valence-electron chi connectivity index (χ4n) is 3.17. The molecule has 4 rings (SSSR count). The van der Waals surface area contributed by atoms with Crippen LogP contribution < -0.4 is 4.90 Å². The van der Waals surface area contributed by atoms with E-state index in [0.29, 0.717) is 24.0 Å². The van der Waals surface area contributed by atoms with Crippen molar-refractivity contribution in [2.75, 3.05) is 11.4 Å². The summed E-state index contributed by atoms with van der Waals surface area (Å²) in [6.07, 6.45) is -2.72. The van der Waals surface area contributed by atoms with E-state index in [9.17, 15) is 13.2 Å². The van der Waals surface area contributed by atoms with Gasteiger partial charge in [0.15, 0.2) is 0 Å². The number of fused-ring (bicyclic) bond motifs is 1. The SMILES string of the molecule is FC(F)(F)c1ccc2c(c1)N(Cc1nnc(-c3ccccc3)o1)CCC2. The van der Waals surface area contributed by atoms with E-state index in [1.54, 1.807) is 6.07 Å². The predicted octanol–water partition coefficient (Wildman–Crippen LogP) is 4.71. The third-order valence-electron chi connectivity index (χ3n) is 4.44. The molecule has 0 aliphatic carbocycles. The van der Waals surface area contributed by atoms with Crippen molar-refractivity contribution < 1.29 is 17.6 Å². The first-order valence-electron chi connectivity index (χ1n) is 8.33. The molecule has 0 fully saturated rings. The molecule has 1 aliphatic rings. The van der Waals surface area contributed by atoms with Crippen molar-refractivity contribution in [2.45, 2.75) is 25.6 Å². The van der Waals surface area contributed by atoms with E-state index in [4.69, 9.17) is 4.42 Å². The van der Waals surface area contributed by atoms with Crippen LogP contribution in [0.4, 0.5) is 18.9 Å². The lowest BCUT2D eigenvalue weighted by Crippen LogP contribution is -2.29. The van der Waals surface area contributed by atoms with Gasteiger partial charge >= 0.3 is 6.18 Å². The molecule has 4 nitrogen and oxygen atoms in total. The lowest BCUT2D eigenvalue weighted by molar-refractivity contribution is -0.137. The van der Waals surface area contributed by atoms with Gasteiger partial charge in [0.05, 0.1) is 12.1 Å². The van der Waals surface area contributed by atoms with Crippen molar-refractivity contribution in [1.82, 2.24) is 10.2 Å². The summed E-state index contributed by atoms with van der Waals surface area (Å²) in [6.45, 7) is 0.936. The third kappa shape index (κ3) is 3.29. The predicted molar refractivity (Wildman–Crippen MR) is 90.5 cm³/mol. The van der Waals surface area contributed by atoms with Crippen molar-refractivity contribution in [1.29, 1.82) is 0 Å². The minimum atomic E-state index is -4.36. The normalized spacial score (nSPS) is 14.3. The van der Waals surface area contributed by atoms with E-state index in [2.05, 4.69) is 10.2 Å². The minimum absolute atomic E-state index is 0.286. The van der Waals surface area contributed by atoms with Gasteiger partial charge in [-0.25, -0.2) is 0 Å². The van der Waals surface area contributed by atoms with Gasteiger partial charge < -0.3 is 9.32 Å². The maximum atomic E-state index is 13.0. The van der Waals surface area contributed by atoms with Crippen LogP contribution >= 0.6 is 0 Å². The van der Waals surface area contributed by atoms with E-state index in [0.717, 1.165) is 30.0 Å². The Morgan fingerprint density at radius 3 is 2.62 bits per heavy atom. The monoisotopic (exact) mass is 359 g/mol. The largest absolute Gasteiger partial charge is 0.419 e. The summed E-state index contributed by atoms with van der Waals surface area (Å²) in [4.78, 5) is 1.87. The molecule has 0 saturated heterocycles. The van der Waals surface area contributed by atoms with Gasteiger partial charge in [0.25, 0.3) is 0 Å². The topological polar surface area (TPSA) is 42.2 Å². The molecule has 0 atom stereocenters. The summed E-state index contributed by atoms with van der Waals surface area (Å²) in [7, 11) is 0. The Morgan fingerprint density at radius 2 is 1.85 bits per heavy atom. The van der Waals surface area contributed by atoms with Crippen LogP contribution in [0, 0.1) is 0 Å². The van der Waals surface area contributed by atoms with Gasteiger partial charge in [-0.05, 0) is 42.7 Å². The van der Waals surface area contributed by atoms with E-state index < -0.39 is 11.7 Å². The van der Waals surface area contributed by atoms with Crippen LogP contribution in [-0.4, -0.2) is 16.7 Å². The van der Waals surface area contributed by atoms with E-state index in [1.807, 2.05) is 35.2 Å². The Balaban J connectivity index is 1.60. The Labute approximate surface area is 148 Å². The maximum Gasteiger partial charge on any atom is 0.416 e. The van der Waals surface area contributed by atoms with Crippen molar-refractivity contribution in [2.24, 2.45) is 0 Å². The molecule has 0 saturated carbocycles. The molecular weight excluding hydrogens is 343 g/mol. The van der Waals surface area contributed by atoms with Crippen LogP contribution in [0.3, 0.4) is 0 Å². The number of halogens is 3. The molecule has 1 aromatic heterocycles. The number of alkyl halides is 3. The molecule has 0 bridgehead atoms. The Kier molecular flexibility index (Phi) is 4.14. The number of hydrogen-bond acceptors (Lipinski definition) is 4. The highest BCUT2D eigenvalue weighted by Gasteiger charge is 2.32. The smallest absolute Gasteiger partial charge is 0.416 e. The van der Waals surface area contributed by atoms with Gasteiger partial charge in [-0.1, -0.05) is 24.3 Å². The molecule has 3 aromatic rings. The molecule has 0 radical (unpaired) electrons. The van der Waals surface area contributed by atoms with Gasteiger partial charge in [-0.15, -0.1) is 10.2 Å². The van der Waals surface area contributed by atoms with Gasteiger partial charge in [-0.3, -0.25) is 0 Å². The second kappa shape index (κ2) is 6.48. The Hall–Kier alpha value is -2.83. The van der Waals surface area contributed by atoms with Gasteiger partial charge in [-0.2, -0.15) is 13.2 Å². The fraction of sp³-hybridized carbons (Fsp3) is 0.263. The first kappa shape index (κ1) is 16.6. The number of aryl methyl sites for hydroxylation is 1. The quantitative estimate of drug-likeness (QED) is 0.679. The van der Waals surface area contributed by atoms with Gasteiger partial charge in [0.1, 0.15) is 0 Å². The molecule has 2 aromatic carbocycles. The van der Waals surface area contributed by atoms with Crippen LogP contribution in [0.15, 0.2) is 52.9 Å². The third-order valence-corrected chi connectivity index (χ3v) is 4.44. The number of benzene rings is 2. The zero-order chi connectivity index (χ0) is 18.1. The first-order chi connectivity index (χ1) is 12.5. The second-order valence-electron chi connectivity index (χ2n) is 6.23. The summed E-state index contributed by atoms with van der Waals surface area (Å²) in [5, 5.41) is 8.09. The maximum absolute atomic E-state index is 13.0. The number of hydrogen-bond donors (Lipinski definition) is 0. The molecule has 0 unspecified atom stereocenters. The average molecular weight is 359 g/mol. The number of rotatable bonds is 3.